The zero-order chi connectivity index (χ0) is 10.7. The van der Waals surface area contributed by atoms with Gasteiger partial charge in [0.2, 0.25) is 0 Å². The summed E-state index contributed by atoms with van der Waals surface area (Å²) in [6.45, 7) is 0. The molecule has 0 radical (unpaired) electrons. The summed E-state index contributed by atoms with van der Waals surface area (Å²) in [5.74, 6) is 0.175. The maximum atomic E-state index is 11.4. The molecule has 2 atom stereocenters. The van der Waals surface area contributed by atoms with Gasteiger partial charge in [0.1, 0.15) is 0 Å². The maximum Gasteiger partial charge on any atom is 0.317 e. The van der Waals surface area contributed by atoms with Crippen LogP contribution in [0.5, 0.6) is 0 Å². The van der Waals surface area contributed by atoms with E-state index in [-0.39, 0.29) is 18.0 Å². The van der Waals surface area contributed by atoms with Crippen LogP contribution in [0.2, 0.25) is 0 Å². The highest BCUT2D eigenvalue weighted by Crippen LogP contribution is 2.25. The van der Waals surface area contributed by atoms with E-state index in [0.717, 1.165) is 19.3 Å². The Morgan fingerprint density at radius 1 is 1.50 bits per heavy atom. The van der Waals surface area contributed by atoms with Crippen molar-refractivity contribution < 1.29 is 4.79 Å². The van der Waals surface area contributed by atoms with Gasteiger partial charge in [-0.25, -0.2) is 4.79 Å². The molecule has 0 aromatic heterocycles. The van der Waals surface area contributed by atoms with Crippen molar-refractivity contribution >= 4 is 23.2 Å². The molecule has 5 heteroatoms. The minimum Gasteiger partial charge on any atom is -0.393 e. The molecule has 0 aliphatic heterocycles. The molecule has 1 rings (SSSR count). The minimum absolute atomic E-state index is 0.0712. The predicted octanol–water partition coefficient (Wildman–Crippen LogP) is 0.712. The number of rotatable bonds is 2. The van der Waals surface area contributed by atoms with E-state index in [0.29, 0.717) is 4.99 Å². The van der Waals surface area contributed by atoms with Crippen molar-refractivity contribution in [1.29, 1.82) is 0 Å². The van der Waals surface area contributed by atoms with Crippen LogP contribution in [-0.2, 0) is 0 Å². The zero-order valence-electron chi connectivity index (χ0n) is 8.62. The van der Waals surface area contributed by atoms with Gasteiger partial charge in [-0.05, 0) is 12.8 Å². The van der Waals surface area contributed by atoms with Crippen LogP contribution >= 0.6 is 12.2 Å². The average Bonchev–Trinajstić information content (AvgIpc) is 2.52. The van der Waals surface area contributed by atoms with Gasteiger partial charge in [-0.1, -0.05) is 18.6 Å². The molecule has 4 nitrogen and oxygen atoms in total. The standard InChI is InChI=1S/C9H17N3OS/c1-12(2)9(13)11-7-5-3-4-6(7)8(10)14/h6-7H,3-5H2,1-2H3,(H2,10,14)(H,11,13). The van der Waals surface area contributed by atoms with Crippen LogP contribution in [0.4, 0.5) is 4.79 Å². The van der Waals surface area contributed by atoms with Gasteiger partial charge in [0.25, 0.3) is 0 Å². The normalized spacial score (nSPS) is 25.9. The van der Waals surface area contributed by atoms with Gasteiger partial charge in [-0.2, -0.15) is 0 Å². The summed E-state index contributed by atoms with van der Waals surface area (Å²) in [7, 11) is 3.44. The number of carbonyl (C=O) groups is 1. The van der Waals surface area contributed by atoms with Crippen molar-refractivity contribution in [1.82, 2.24) is 10.2 Å². The van der Waals surface area contributed by atoms with E-state index in [2.05, 4.69) is 5.32 Å². The van der Waals surface area contributed by atoms with E-state index in [1.165, 1.54) is 4.90 Å². The van der Waals surface area contributed by atoms with Crippen molar-refractivity contribution in [3.8, 4) is 0 Å². The van der Waals surface area contributed by atoms with Gasteiger partial charge in [0.05, 0.1) is 4.99 Å². The highest BCUT2D eigenvalue weighted by molar-refractivity contribution is 7.80. The molecule has 0 aromatic carbocycles. The quantitative estimate of drug-likeness (QED) is 0.667. The van der Waals surface area contributed by atoms with Crippen LogP contribution in [-0.4, -0.2) is 36.1 Å². The second kappa shape index (κ2) is 4.59. The molecule has 2 amide bonds. The Hall–Kier alpha value is -0.840. The number of nitrogens with one attached hydrogen (secondary N) is 1. The van der Waals surface area contributed by atoms with Crippen molar-refractivity contribution in [2.24, 2.45) is 11.7 Å². The van der Waals surface area contributed by atoms with Gasteiger partial charge in [0, 0.05) is 26.1 Å². The third-order valence-electron chi connectivity index (χ3n) is 2.60. The monoisotopic (exact) mass is 215 g/mol. The molecule has 0 spiro atoms. The number of urea groups is 1. The summed E-state index contributed by atoms with van der Waals surface area (Å²) >= 11 is 4.96. The average molecular weight is 215 g/mol. The van der Waals surface area contributed by atoms with Crippen molar-refractivity contribution in [2.75, 3.05) is 14.1 Å². The second-order valence-electron chi connectivity index (χ2n) is 3.89. The SMILES string of the molecule is CN(C)C(=O)NC1CCCC1C(N)=S. The Bertz CT molecular complexity index is 242. The smallest absolute Gasteiger partial charge is 0.317 e. The molecule has 1 fully saturated rings. The summed E-state index contributed by atoms with van der Waals surface area (Å²) < 4.78 is 0. The fraction of sp³-hybridized carbons (Fsp3) is 0.778. The molecule has 2 unspecified atom stereocenters. The lowest BCUT2D eigenvalue weighted by molar-refractivity contribution is 0.212. The summed E-state index contributed by atoms with van der Waals surface area (Å²) in [6.07, 6.45) is 3.05. The van der Waals surface area contributed by atoms with E-state index in [4.69, 9.17) is 18.0 Å². The molecule has 3 N–H and O–H groups in total. The summed E-state index contributed by atoms with van der Waals surface area (Å²) in [4.78, 5) is 13.4. The van der Waals surface area contributed by atoms with Gasteiger partial charge < -0.3 is 16.0 Å². The second-order valence-corrected chi connectivity index (χ2v) is 4.36. The molecule has 0 heterocycles. The highest BCUT2D eigenvalue weighted by atomic mass is 32.1. The lowest BCUT2D eigenvalue weighted by Crippen LogP contribution is -2.45. The van der Waals surface area contributed by atoms with Crippen molar-refractivity contribution in [3.05, 3.63) is 0 Å². The summed E-state index contributed by atoms with van der Waals surface area (Å²) in [5.41, 5.74) is 5.61. The Kier molecular flexibility index (Phi) is 3.69. The highest BCUT2D eigenvalue weighted by Gasteiger charge is 2.30. The number of nitrogens with two attached hydrogens (primary N) is 1. The largest absolute Gasteiger partial charge is 0.393 e. The molecule has 80 valence electrons. The first-order valence-corrected chi connectivity index (χ1v) is 5.20. The maximum absolute atomic E-state index is 11.4. The lowest BCUT2D eigenvalue weighted by atomic mass is 10.0. The summed E-state index contributed by atoms with van der Waals surface area (Å²) in [6, 6.07) is 0.0561. The number of thiocarbonyl (C=S) groups is 1. The van der Waals surface area contributed by atoms with Gasteiger partial charge >= 0.3 is 6.03 Å². The van der Waals surface area contributed by atoms with E-state index < -0.39 is 0 Å². The minimum atomic E-state index is -0.0712. The van der Waals surface area contributed by atoms with Crippen LogP contribution in [0.3, 0.4) is 0 Å². The molecule has 14 heavy (non-hydrogen) atoms. The number of nitrogens with zero attached hydrogens (tertiary/aromatic N) is 1. The first-order chi connectivity index (χ1) is 6.52. The predicted molar refractivity (Wildman–Crippen MR) is 60.1 cm³/mol. The van der Waals surface area contributed by atoms with E-state index in [1.54, 1.807) is 14.1 Å². The topological polar surface area (TPSA) is 58.4 Å². The fourth-order valence-corrected chi connectivity index (χ4v) is 2.04. The van der Waals surface area contributed by atoms with Crippen LogP contribution in [0.25, 0.3) is 0 Å². The van der Waals surface area contributed by atoms with E-state index in [1.807, 2.05) is 0 Å². The number of amides is 2. The van der Waals surface area contributed by atoms with Crippen LogP contribution in [0.1, 0.15) is 19.3 Å². The van der Waals surface area contributed by atoms with Crippen molar-refractivity contribution in [2.45, 2.75) is 25.3 Å². The fourth-order valence-electron chi connectivity index (χ4n) is 1.76. The third-order valence-corrected chi connectivity index (χ3v) is 2.90. The molecule has 1 saturated carbocycles. The van der Waals surface area contributed by atoms with Gasteiger partial charge in [0.15, 0.2) is 0 Å². The van der Waals surface area contributed by atoms with Gasteiger partial charge in [-0.3, -0.25) is 0 Å². The Labute approximate surface area is 89.8 Å². The number of carbonyl (C=O) groups excluding carboxylic acids is 1. The lowest BCUT2D eigenvalue weighted by Gasteiger charge is -2.22. The first-order valence-electron chi connectivity index (χ1n) is 4.79. The number of hydrogen-bond donors (Lipinski definition) is 2. The molecule has 1 aliphatic rings. The zero-order valence-corrected chi connectivity index (χ0v) is 9.43. The molecule has 0 bridgehead atoms. The third kappa shape index (κ3) is 2.57. The molecule has 1 aliphatic carbocycles. The molecule has 0 aromatic rings. The van der Waals surface area contributed by atoms with Gasteiger partial charge in [-0.15, -0.1) is 0 Å². The molecular formula is C9H17N3OS. The van der Waals surface area contributed by atoms with Crippen LogP contribution in [0, 0.1) is 5.92 Å². The first kappa shape index (κ1) is 11.2. The van der Waals surface area contributed by atoms with E-state index >= 15 is 0 Å². The Balaban J connectivity index is 2.51. The van der Waals surface area contributed by atoms with Crippen LogP contribution in [0.15, 0.2) is 0 Å². The van der Waals surface area contributed by atoms with Crippen molar-refractivity contribution in [3.63, 3.8) is 0 Å². The molecular weight excluding hydrogens is 198 g/mol. The van der Waals surface area contributed by atoms with E-state index in [9.17, 15) is 4.79 Å². The van der Waals surface area contributed by atoms with Crippen LogP contribution < -0.4 is 11.1 Å². The Morgan fingerprint density at radius 2 is 2.14 bits per heavy atom. The summed E-state index contributed by atoms with van der Waals surface area (Å²) in [5, 5.41) is 2.93. The number of hydrogen-bond acceptors (Lipinski definition) is 2. The Morgan fingerprint density at radius 3 is 2.64 bits per heavy atom. The molecule has 0 saturated heterocycles.